The van der Waals surface area contributed by atoms with Gasteiger partial charge in [0, 0.05) is 18.8 Å². The molecule has 1 aromatic carbocycles. The molecule has 0 atom stereocenters. The Hall–Kier alpha value is -1.80. The Kier molecular flexibility index (Phi) is 6.88. The fraction of sp³-hybridized carbons (Fsp3) is 0.294. The summed E-state index contributed by atoms with van der Waals surface area (Å²) in [6.07, 6.45) is 3.88. The van der Waals surface area contributed by atoms with Crippen molar-refractivity contribution in [3.63, 3.8) is 0 Å². The van der Waals surface area contributed by atoms with Crippen LogP contribution < -0.4 is 16.0 Å². The molecule has 0 bridgehead atoms. The van der Waals surface area contributed by atoms with E-state index in [0.29, 0.717) is 11.3 Å². The normalized spacial score (nSPS) is 13.3. The van der Waals surface area contributed by atoms with Crippen molar-refractivity contribution in [3.05, 3.63) is 41.9 Å². The maximum atomic E-state index is 12.3. The van der Waals surface area contributed by atoms with Crippen molar-refractivity contribution >= 4 is 63.1 Å². The quantitative estimate of drug-likeness (QED) is 0.672. The highest BCUT2D eigenvalue weighted by molar-refractivity contribution is 7.22. The van der Waals surface area contributed by atoms with Gasteiger partial charge in [0.25, 0.3) is 5.91 Å². The van der Waals surface area contributed by atoms with Crippen molar-refractivity contribution in [2.45, 2.75) is 19.4 Å². The molecule has 0 radical (unpaired) electrons. The van der Waals surface area contributed by atoms with Crippen molar-refractivity contribution in [3.8, 4) is 0 Å². The first-order valence-electron chi connectivity index (χ1n) is 7.97. The summed E-state index contributed by atoms with van der Waals surface area (Å²) in [7, 11) is 0. The van der Waals surface area contributed by atoms with E-state index in [1.807, 2.05) is 18.2 Å². The van der Waals surface area contributed by atoms with Crippen LogP contribution in [0.5, 0.6) is 0 Å². The second kappa shape index (κ2) is 8.73. The Bertz CT molecular complexity index is 890. The van der Waals surface area contributed by atoms with E-state index in [4.69, 9.17) is 15.1 Å². The lowest BCUT2D eigenvalue weighted by atomic mass is 10.2. The predicted molar refractivity (Wildman–Crippen MR) is 110 cm³/mol. The smallest absolute Gasteiger partial charge is 0.258 e. The maximum absolute atomic E-state index is 12.3. The molecule has 0 unspecified atom stereocenters. The van der Waals surface area contributed by atoms with Crippen molar-refractivity contribution in [2.75, 3.05) is 23.3 Å². The maximum Gasteiger partial charge on any atom is 0.258 e. The van der Waals surface area contributed by atoms with Crippen molar-refractivity contribution in [2.24, 2.45) is 5.73 Å². The van der Waals surface area contributed by atoms with E-state index < -0.39 is 0 Å². The number of fused-ring (bicyclic) bond motifs is 1. The second-order valence-electron chi connectivity index (χ2n) is 5.83. The van der Waals surface area contributed by atoms with E-state index in [1.54, 1.807) is 17.4 Å². The summed E-state index contributed by atoms with van der Waals surface area (Å²) in [6.45, 7) is 2.43. The summed E-state index contributed by atoms with van der Waals surface area (Å²) in [5.74, 6) is 0.385. The SMILES string of the molecule is Cl.Cl.NCc1cc(C(=O)Nc2ccc3nc(N4CCCC4)sc3c2)co1. The van der Waals surface area contributed by atoms with E-state index in [1.165, 1.54) is 19.1 Å². The molecule has 9 heteroatoms. The minimum Gasteiger partial charge on any atom is -0.467 e. The third-order valence-corrected chi connectivity index (χ3v) is 5.21. The Morgan fingerprint density at radius 2 is 2.04 bits per heavy atom. The van der Waals surface area contributed by atoms with Crippen LogP contribution in [0.25, 0.3) is 10.2 Å². The minimum absolute atomic E-state index is 0. The molecule has 0 aliphatic carbocycles. The van der Waals surface area contributed by atoms with Crippen molar-refractivity contribution in [1.29, 1.82) is 0 Å². The fourth-order valence-electron chi connectivity index (χ4n) is 2.84. The zero-order chi connectivity index (χ0) is 16.5. The van der Waals surface area contributed by atoms with Crippen LogP contribution >= 0.6 is 36.2 Å². The van der Waals surface area contributed by atoms with Crippen LogP contribution in [0.1, 0.15) is 29.0 Å². The standard InChI is InChI=1S/C17H18N4O2S.2ClH/c18-9-13-7-11(10-23-13)16(22)19-12-3-4-14-15(8-12)24-17(20-14)21-5-1-2-6-21;;/h3-4,7-8,10H,1-2,5-6,9,18H2,(H,19,22);2*1H. The van der Waals surface area contributed by atoms with E-state index in [2.05, 4.69) is 10.2 Å². The molecule has 0 saturated carbocycles. The van der Waals surface area contributed by atoms with E-state index in [9.17, 15) is 4.79 Å². The number of amides is 1. The number of hydrogen-bond donors (Lipinski definition) is 2. The highest BCUT2D eigenvalue weighted by Gasteiger charge is 2.17. The van der Waals surface area contributed by atoms with E-state index >= 15 is 0 Å². The highest BCUT2D eigenvalue weighted by Crippen LogP contribution is 2.32. The summed E-state index contributed by atoms with van der Waals surface area (Å²) in [4.78, 5) is 19.3. The Morgan fingerprint density at radius 1 is 1.27 bits per heavy atom. The van der Waals surface area contributed by atoms with Gasteiger partial charge in [-0.1, -0.05) is 11.3 Å². The van der Waals surface area contributed by atoms with Crippen molar-refractivity contribution < 1.29 is 9.21 Å². The molecule has 1 aliphatic rings. The lowest BCUT2D eigenvalue weighted by molar-refractivity contribution is 0.102. The van der Waals surface area contributed by atoms with Crippen LogP contribution in [0.3, 0.4) is 0 Å². The molecular formula is C17H20Cl2N4O2S. The number of furan rings is 1. The summed E-state index contributed by atoms with van der Waals surface area (Å²) in [5, 5.41) is 3.96. The molecule has 4 rings (SSSR count). The molecule has 1 aliphatic heterocycles. The van der Waals surface area contributed by atoms with Gasteiger partial charge in [-0.2, -0.15) is 0 Å². The molecule has 26 heavy (non-hydrogen) atoms. The number of hydrogen-bond acceptors (Lipinski definition) is 6. The van der Waals surface area contributed by atoms with Crippen molar-refractivity contribution in [1.82, 2.24) is 4.98 Å². The number of aromatic nitrogens is 1. The van der Waals surface area contributed by atoms with Gasteiger partial charge in [0.05, 0.1) is 22.3 Å². The summed E-state index contributed by atoms with van der Waals surface area (Å²) in [6, 6.07) is 7.44. The molecule has 3 heterocycles. The topological polar surface area (TPSA) is 84.4 Å². The lowest BCUT2D eigenvalue weighted by Crippen LogP contribution is -2.16. The summed E-state index contributed by atoms with van der Waals surface area (Å²) in [5.41, 5.74) is 7.68. The van der Waals surface area contributed by atoms with Gasteiger partial charge < -0.3 is 20.4 Å². The van der Waals surface area contributed by atoms with Crippen LogP contribution in [-0.2, 0) is 6.54 Å². The van der Waals surface area contributed by atoms with Gasteiger partial charge in [-0.05, 0) is 37.1 Å². The molecule has 1 saturated heterocycles. The third kappa shape index (κ3) is 4.12. The number of nitrogens with one attached hydrogen (secondary N) is 1. The zero-order valence-corrected chi connectivity index (χ0v) is 16.4. The zero-order valence-electron chi connectivity index (χ0n) is 13.9. The average Bonchev–Trinajstić information content (AvgIpc) is 3.32. The van der Waals surface area contributed by atoms with Crippen LogP contribution in [0.2, 0.25) is 0 Å². The predicted octanol–water partition coefficient (Wildman–Crippen LogP) is 4.04. The molecule has 1 fully saturated rings. The second-order valence-corrected chi connectivity index (χ2v) is 6.84. The molecule has 1 amide bonds. The molecule has 3 aromatic rings. The fourth-order valence-corrected chi connectivity index (χ4v) is 3.90. The number of halogens is 2. The molecule has 0 spiro atoms. The van der Waals surface area contributed by atoms with Gasteiger partial charge in [-0.25, -0.2) is 4.98 Å². The first kappa shape index (κ1) is 20.5. The Morgan fingerprint density at radius 3 is 2.73 bits per heavy atom. The summed E-state index contributed by atoms with van der Waals surface area (Å²) < 4.78 is 6.28. The van der Waals surface area contributed by atoms with Gasteiger partial charge in [0.2, 0.25) is 0 Å². The first-order chi connectivity index (χ1) is 11.7. The number of carbonyl (C=O) groups is 1. The lowest BCUT2D eigenvalue weighted by Gasteiger charge is -2.11. The van der Waals surface area contributed by atoms with Crippen LogP contribution in [-0.4, -0.2) is 24.0 Å². The monoisotopic (exact) mass is 414 g/mol. The van der Waals surface area contributed by atoms with Gasteiger partial charge in [0.15, 0.2) is 5.13 Å². The largest absolute Gasteiger partial charge is 0.467 e. The third-order valence-electron chi connectivity index (χ3n) is 4.13. The first-order valence-corrected chi connectivity index (χ1v) is 8.79. The average molecular weight is 415 g/mol. The molecule has 2 aromatic heterocycles. The van der Waals surface area contributed by atoms with Gasteiger partial charge in [-0.3, -0.25) is 4.79 Å². The van der Waals surface area contributed by atoms with Crippen LogP contribution in [0.4, 0.5) is 10.8 Å². The van der Waals surface area contributed by atoms with Crippen LogP contribution in [0, 0.1) is 0 Å². The number of carbonyl (C=O) groups excluding carboxylic acids is 1. The van der Waals surface area contributed by atoms with Gasteiger partial charge in [0.1, 0.15) is 12.0 Å². The Balaban J connectivity index is 0.00000121. The Labute approximate surface area is 167 Å². The number of nitrogens with zero attached hydrogens (tertiary/aromatic N) is 2. The summed E-state index contributed by atoms with van der Waals surface area (Å²) >= 11 is 1.67. The molecule has 140 valence electrons. The highest BCUT2D eigenvalue weighted by atomic mass is 35.5. The molecule has 3 N–H and O–H groups in total. The number of thiazole rings is 1. The van der Waals surface area contributed by atoms with E-state index in [-0.39, 0.29) is 37.3 Å². The molecular weight excluding hydrogens is 395 g/mol. The van der Waals surface area contributed by atoms with E-state index in [0.717, 1.165) is 34.1 Å². The van der Waals surface area contributed by atoms with Gasteiger partial charge in [-0.15, -0.1) is 24.8 Å². The molecule has 6 nitrogen and oxygen atoms in total. The minimum atomic E-state index is -0.206. The number of nitrogens with two attached hydrogens (primary N) is 1. The van der Waals surface area contributed by atoms with Gasteiger partial charge >= 0.3 is 0 Å². The van der Waals surface area contributed by atoms with Crippen LogP contribution in [0.15, 0.2) is 34.9 Å². The number of benzene rings is 1. The number of anilines is 2. The number of rotatable bonds is 4.